The molecule has 82 valence electrons. The molecule has 0 saturated carbocycles. The number of nitrogens with one attached hydrogen (secondary N) is 1. The predicted octanol–water partition coefficient (Wildman–Crippen LogP) is -2.05. The Morgan fingerprint density at radius 2 is 1.86 bits per heavy atom. The smallest absolute Gasteiger partial charge is 0.217 e. The molecular formula is C8H15NO5. The minimum Gasteiger partial charge on any atom is -0.388 e. The Kier molecular flexibility index (Phi) is 3.43. The van der Waals surface area contributed by atoms with Crippen LogP contribution in [0.25, 0.3) is 0 Å². The standard InChI is InChI=1S/C8H15NO5/c1-3-5(9-4(2)10)6(11)7(12)8(13)14-3/h3,5-8,11-13H,1-2H3,(H,9,10)/t3-,5+,6+,7-,8+/m0/s1. The molecule has 1 fully saturated rings. The molecule has 0 aromatic carbocycles. The van der Waals surface area contributed by atoms with Crippen molar-refractivity contribution in [2.45, 2.75) is 44.5 Å². The average Bonchev–Trinajstić information content (AvgIpc) is 2.09. The summed E-state index contributed by atoms with van der Waals surface area (Å²) in [5, 5.41) is 30.4. The zero-order valence-corrected chi connectivity index (χ0v) is 8.04. The first kappa shape index (κ1) is 11.4. The van der Waals surface area contributed by atoms with E-state index < -0.39 is 30.6 Å². The zero-order valence-electron chi connectivity index (χ0n) is 8.04. The molecule has 4 N–H and O–H groups in total. The summed E-state index contributed by atoms with van der Waals surface area (Å²) < 4.78 is 4.91. The number of hydrogen-bond donors (Lipinski definition) is 4. The fourth-order valence-corrected chi connectivity index (χ4v) is 1.48. The lowest BCUT2D eigenvalue weighted by Gasteiger charge is -2.39. The number of rotatable bonds is 1. The van der Waals surface area contributed by atoms with Gasteiger partial charge in [-0.1, -0.05) is 0 Å². The SMILES string of the molecule is CC(=O)N[C@H]1[C@@H](O)[C@H](O)[C@H](O)O[C@H]1C. The molecule has 0 aromatic heterocycles. The molecule has 1 saturated heterocycles. The number of amides is 1. The van der Waals surface area contributed by atoms with Crippen molar-refractivity contribution in [2.24, 2.45) is 0 Å². The van der Waals surface area contributed by atoms with Crippen LogP contribution < -0.4 is 5.32 Å². The molecule has 0 spiro atoms. The molecule has 1 aliphatic rings. The van der Waals surface area contributed by atoms with Crippen LogP contribution in [-0.4, -0.2) is 51.9 Å². The fourth-order valence-electron chi connectivity index (χ4n) is 1.48. The van der Waals surface area contributed by atoms with Crippen LogP contribution in [0.3, 0.4) is 0 Å². The van der Waals surface area contributed by atoms with Crippen molar-refractivity contribution in [3.05, 3.63) is 0 Å². The van der Waals surface area contributed by atoms with Crippen LogP contribution in [0.2, 0.25) is 0 Å². The van der Waals surface area contributed by atoms with Crippen molar-refractivity contribution in [3.63, 3.8) is 0 Å². The van der Waals surface area contributed by atoms with Crippen molar-refractivity contribution in [1.82, 2.24) is 5.32 Å². The van der Waals surface area contributed by atoms with Crippen molar-refractivity contribution < 1.29 is 24.9 Å². The Balaban J connectivity index is 2.68. The van der Waals surface area contributed by atoms with Crippen molar-refractivity contribution in [2.75, 3.05) is 0 Å². The summed E-state index contributed by atoms with van der Waals surface area (Å²) in [7, 11) is 0. The number of aliphatic hydroxyl groups is 3. The van der Waals surface area contributed by atoms with Gasteiger partial charge in [0.2, 0.25) is 5.91 Å². The van der Waals surface area contributed by atoms with Gasteiger partial charge in [-0.05, 0) is 6.92 Å². The quantitative estimate of drug-likeness (QED) is 0.395. The molecule has 6 heteroatoms. The van der Waals surface area contributed by atoms with Crippen LogP contribution in [0.1, 0.15) is 13.8 Å². The van der Waals surface area contributed by atoms with Crippen molar-refractivity contribution in [1.29, 1.82) is 0 Å². The molecule has 1 rings (SSSR count). The molecule has 14 heavy (non-hydrogen) atoms. The highest BCUT2D eigenvalue weighted by atomic mass is 16.6. The van der Waals surface area contributed by atoms with Gasteiger partial charge in [-0.15, -0.1) is 0 Å². The molecule has 1 amide bonds. The third kappa shape index (κ3) is 2.21. The van der Waals surface area contributed by atoms with Crippen LogP contribution in [0.15, 0.2) is 0 Å². The van der Waals surface area contributed by atoms with Gasteiger partial charge < -0.3 is 25.4 Å². The molecular weight excluding hydrogens is 190 g/mol. The Hall–Kier alpha value is -0.690. The molecule has 0 aliphatic carbocycles. The number of carbonyl (C=O) groups is 1. The van der Waals surface area contributed by atoms with E-state index in [2.05, 4.69) is 5.32 Å². The lowest BCUT2D eigenvalue weighted by atomic mass is 9.97. The van der Waals surface area contributed by atoms with Gasteiger partial charge >= 0.3 is 0 Å². The maximum absolute atomic E-state index is 10.8. The van der Waals surface area contributed by atoms with Crippen LogP contribution >= 0.6 is 0 Å². The van der Waals surface area contributed by atoms with Gasteiger partial charge in [0.1, 0.15) is 12.2 Å². The Morgan fingerprint density at radius 1 is 1.29 bits per heavy atom. The molecule has 0 bridgehead atoms. The summed E-state index contributed by atoms with van der Waals surface area (Å²) in [6.07, 6.45) is -4.59. The van der Waals surface area contributed by atoms with Gasteiger partial charge in [-0.3, -0.25) is 4.79 Å². The number of carbonyl (C=O) groups excluding carboxylic acids is 1. The minimum atomic E-state index is -1.41. The number of aliphatic hydroxyl groups excluding tert-OH is 3. The van der Waals surface area contributed by atoms with Crippen LogP contribution in [0, 0.1) is 0 Å². The summed E-state index contributed by atoms with van der Waals surface area (Å²) >= 11 is 0. The first-order valence-electron chi connectivity index (χ1n) is 4.40. The fraction of sp³-hybridized carbons (Fsp3) is 0.875. The second-order valence-electron chi connectivity index (χ2n) is 3.44. The Morgan fingerprint density at radius 3 is 2.36 bits per heavy atom. The largest absolute Gasteiger partial charge is 0.388 e. The van der Waals surface area contributed by atoms with E-state index in [1.807, 2.05) is 0 Å². The van der Waals surface area contributed by atoms with E-state index in [9.17, 15) is 15.0 Å². The number of hydrogen-bond acceptors (Lipinski definition) is 5. The van der Waals surface area contributed by atoms with E-state index in [1.165, 1.54) is 6.92 Å². The minimum absolute atomic E-state index is 0.326. The van der Waals surface area contributed by atoms with Crippen molar-refractivity contribution in [3.8, 4) is 0 Å². The second-order valence-corrected chi connectivity index (χ2v) is 3.44. The van der Waals surface area contributed by atoms with Crippen LogP contribution in [0.4, 0.5) is 0 Å². The van der Waals surface area contributed by atoms with E-state index in [0.29, 0.717) is 0 Å². The van der Waals surface area contributed by atoms with Gasteiger partial charge in [0.25, 0.3) is 0 Å². The van der Waals surface area contributed by atoms with E-state index in [1.54, 1.807) is 6.92 Å². The van der Waals surface area contributed by atoms with E-state index in [4.69, 9.17) is 9.84 Å². The maximum atomic E-state index is 10.8. The van der Waals surface area contributed by atoms with Gasteiger partial charge in [-0.2, -0.15) is 0 Å². The summed E-state index contributed by atoms with van der Waals surface area (Å²) in [5.41, 5.74) is 0. The summed E-state index contributed by atoms with van der Waals surface area (Å²) in [6.45, 7) is 2.90. The number of ether oxygens (including phenoxy) is 1. The normalized spacial score (nSPS) is 43.4. The van der Waals surface area contributed by atoms with Crippen molar-refractivity contribution >= 4 is 5.91 Å². The average molecular weight is 205 g/mol. The first-order valence-corrected chi connectivity index (χ1v) is 4.40. The van der Waals surface area contributed by atoms with E-state index >= 15 is 0 Å². The highest BCUT2D eigenvalue weighted by Gasteiger charge is 2.42. The topological polar surface area (TPSA) is 99.0 Å². The van der Waals surface area contributed by atoms with Crippen LogP contribution in [0.5, 0.6) is 0 Å². The zero-order chi connectivity index (χ0) is 10.9. The summed E-state index contributed by atoms with van der Waals surface area (Å²) in [5.74, 6) is -0.326. The molecule has 0 radical (unpaired) electrons. The molecule has 0 unspecified atom stereocenters. The van der Waals surface area contributed by atoms with Gasteiger partial charge in [0.15, 0.2) is 6.29 Å². The Labute approximate surface area is 81.5 Å². The third-order valence-electron chi connectivity index (χ3n) is 2.24. The predicted molar refractivity (Wildman–Crippen MR) is 46.2 cm³/mol. The van der Waals surface area contributed by atoms with E-state index in [-0.39, 0.29) is 5.91 Å². The second kappa shape index (κ2) is 4.22. The third-order valence-corrected chi connectivity index (χ3v) is 2.24. The molecule has 6 nitrogen and oxygen atoms in total. The monoisotopic (exact) mass is 205 g/mol. The van der Waals surface area contributed by atoms with Gasteiger partial charge in [-0.25, -0.2) is 0 Å². The highest BCUT2D eigenvalue weighted by molar-refractivity contribution is 5.73. The maximum Gasteiger partial charge on any atom is 0.217 e. The molecule has 1 heterocycles. The molecule has 1 aliphatic heterocycles. The van der Waals surface area contributed by atoms with Gasteiger partial charge in [0.05, 0.1) is 12.1 Å². The molecule has 0 aromatic rings. The Bertz CT molecular complexity index is 222. The summed E-state index contributed by atoms with van der Waals surface area (Å²) in [4.78, 5) is 10.8. The highest BCUT2D eigenvalue weighted by Crippen LogP contribution is 2.19. The summed E-state index contributed by atoms with van der Waals surface area (Å²) in [6, 6.07) is -0.703. The van der Waals surface area contributed by atoms with Crippen LogP contribution in [-0.2, 0) is 9.53 Å². The van der Waals surface area contributed by atoms with Gasteiger partial charge in [0, 0.05) is 6.92 Å². The first-order chi connectivity index (χ1) is 6.43. The van der Waals surface area contributed by atoms with E-state index in [0.717, 1.165) is 0 Å². The molecule has 5 atom stereocenters. The lowest BCUT2D eigenvalue weighted by Crippen LogP contribution is -2.62. The lowest BCUT2D eigenvalue weighted by molar-refractivity contribution is -0.253.